The summed E-state index contributed by atoms with van der Waals surface area (Å²) >= 11 is 0. The molecule has 0 N–H and O–H groups in total. The number of ether oxygens (including phenoxy) is 1. The molecular weight excluding hydrogens is 315 g/mol. The molecule has 1 saturated heterocycles. The summed E-state index contributed by atoms with van der Waals surface area (Å²) in [5.74, 6) is -0.156. The van der Waals surface area contributed by atoms with Gasteiger partial charge in [0.05, 0.1) is 11.7 Å². The highest BCUT2D eigenvalue weighted by Gasteiger charge is 2.19. The van der Waals surface area contributed by atoms with Crippen molar-refractivity contribution in [3.8, 4) is 11.1 Å². The van der Waals surface area contributed by atoms with Gasteiger partial charge in [0.15, 0.2) is 6.23 Å². The smallest absolute Gasteiger partial charge is 0.150 e. The van der Waals surface area contributed by atoms with Gasteiger partial charge in [-0.1, -0.05) is 25.1 Å². The quantitative estimate of drug-likeness (QED) is 0.638. The van der Waals surface area contributed by atoms with Gasteiger partial charge in [-0.05, 0) is 67.0 Å². The fourth-order valence-corrected chi connectivity index (χ4v) is 3.65. The summed E-state index contributed by atoms with van der Waals surface area (Å²) in [6.07, 6.45) is 6.02. The maximum absolute atomic E-state index is 14.2. The predicted molar refractivity (Wildman–Crippen MR) is 98.1 cm³/mol. The third-order valence-corrected chi connectivity index (χ3v) is 5.10. The summed E-state index contributed by atoms with van der Waals surface area (Å²) in [5.41, 5.74) is 4.90. The molecule has 1 aliphatic rings. The fraction of sp³-hybridized carbons (Fsp3) is 0.381. The number of fused-ring (bicyclic) bond motifs is 1. The van der Waals surface area contributed by atoms with E-state index in [1.54, 1.807) is 6.07 Å². The number of hydrogen-bond donors (Lipinski definition) is 0. The average Bonchev–Trinajstić information content (AvgIpc) is 3.07. The molecule has 1 aromatic heterocycles. The first kappa shape index (κ1) is 16.3. The Labute approximate surface area is 147 Å². The van der Waals surface area contributed by atoms with Crippen LogP contribution in [-0.4, -0.2) is 16.4 Å². The maximum Gasteiger partial charge on any atom is 0.150 e. The minimum atomic E-state index is -0.156. The average molecular weight is 338 g/mol. The molecule has 3 aromatic rings. The van der Waals surface area contributed by atoms with Crippen LogP contribution in [0.25, 0.3) is 22.0 Å². The Balaban J connectivity index is 1.82. The van der Waals surface area contributed by atoms with Crippen LogP contribution >= 0.6 is 0 Å². The third kappa shape index (κ3) is 2.95. The zero-order valence-corrected chi connectivity index (χ0v) is 14.8. The fourth-order valence-electron chi connectivity index (χ4n) is 3.65. The van der Waals surface area contributed by atoms with E-state index in [4.69, 9.17) is 4.74 Å². The van der Waals surface area contributed by atoms with Gasteiger partial charge < -0.3 is 4.74 Å². The van der Waals surface area contributed by atoms with Gasteiger partial charge >= 0.3 is 0 Å². The van der Waals surface area contributed by atoms with E-state index in [0.717, 1.165) is 54.3 Å². The Kier molecular flexibility index (Phi) is 4.30. The Hall–Kier alpha value is -2.20. The summed E-state index contributed by atoms with van der Waals surface area (Å²) in [6, 6.07) is 9.85. The van der Waals surface area contributed by atoms with Crippen LogP contribution in [0.5, 0.6) is 0 Å². The lowest BCUT2D eigenvalue weighted by molar-refractivity contribution is -0.0366. The maximum atomic E-state index is 14.2. The van der Waals surface area contributed by atoms with Crippen molar-refractivity contribution in [2.75, 3.05) is 6.61 Å². The highest BCUT2D eigenvalue weighted by Crippen LogP contribution is 2.32. The third-order valence-electron chi connectivity index (χ3n) is 5.10. The first-order chi connectivity index (χ1) is 12.2. The van der Waals surface area contributed by atoms with Crippen molar-refractivity contribution >= 4 is 10.9 Å². The summed E-state index contributed by atoms with van der Waals surface area (Å²) in [6.45, 7) is 4.71. The first-order valence-corrected chi connectivity index (χ1v) is 9.05. The molecule has 0 amide bonds. The van der Waals surface area contributed by atoms with Crippen LogP contribution in [0.15, 0.2) is 36.5 Å². The van der Waals surface area contributed by atoms with E-state index in [9.17, 15) is 4.39 Å². The van der Waals surface area contributed by atoms with Crippen molar-refractivity contribution in [3.05, 3.63) is 53.5 Å². The van der Waals surface area contributed by atoms with Gasteiger partial charge in [0.2, 0.25) is 0 Å². The number of halogens is 1. The molecule has 0 radical (unpaired) electrons. The highest BCUT2D eigenvalue weighted by molar-refractivity contribution is 5.85. The predicted octanol–water partition coefficient (Wildman–Crippen LogP) is 5.41. The monoisotopic (exact) mass is 338 g/mol. The number of aromatic nitrogens is 2. The molecule has 2 aromatic carbocycles. The Morgan fingerprint density at radius 2 is 2.12 bits per heavy atom. The van der Waals surface area contributed by atoms with Crippen LogP contribution in [-0.2, 0) is 11.2 Å². The van der Waals surface area contributed by atoms with Crippen LogP contribution in [0, 0.1) is 12.7 Å². The number of rotatable bonds is 3. The molecule has 1 unspecified atom stereocenters. The molecule has 0 spiro atoms. The molecule has 2 heterocycles. The van der Waals surface area contributed by atoms with Gasteiger partial charge in [0, 0.05) is 12.0 Å². The molecule has 4 rings (SSSR count). The molecule has 0 saturated carbocycles. The SMILES string of the molecule is CCc1cc(C)c(F)cc1-c1ccc2cnn(C3CCCCO3)c2c1. The van der Waals surface area contributed by atoms with Crippen LogP contribution in [0.4, 0.5) is 4.39 Å². The van der Waals surface area contributed by atoms with Crippen molar-refractivity contribution in [2.24, 2.45) is 0 Å². The van der Waals surface area contributed by atoms with E-state index in [1.165, 1.54) is 5.56 Å². The van der Waals surface area contributed by atoms with Crippen LogP contribution < -0.4 is 0 Å². The number of nitrogens with zero attached hydrogens (tertiary/aromatic N) is 2. The zero-order valence-electron chi connectivity index (χ0n) is 14.8. The lowest BCUT2D eigenvalue weighted by Gasteiger charge is -2.23. The van der Waals surface area contributed by atoms with Crippen molar-refractivity contribution in [2.45, 2.75) is 45.8 Å². The van der Waals surface area contributed by atoms with Gasteiger partial charge in [0.25, 0.3) is 0 Å². The van der Waals surface area contributed by atoms with Crippen molar-refractivity contribution in [1.82, 2.24) is 9.78 Å². The van der Waals surface area contributed by atoms with E-state index in [0.29, 0.717) is 5.56 Å². The molecule has 0 aliphatic carbocycles. The van der Waals surface area contributed by atoms with E-state index in [2.05, 4.69) is 30.2 Å². The minimum absolute atomic E-state index is 0.00176. The van der Waals surface area contributed by atoms with Gasteiger partial charge in [0.1, 0.15) is 5.82 Å². The second kappa shape index (κ2) is 6.60. The van der Waals surface area contributed by atoms with Gasteiger partial charge in [-0.25, -0.2) is 9.07 Å². The van der Waals surface area contributed by atoms with Gasteiger partial charge in [-0.2, -0.15) is 5.10 Å². The molecule has 4 heteroatoms. The van der Waals surface area contributed by atoms with Crippen molar-refractivity contribution < 1.29 is 9.13 Å². The number of hydrogen-bond acceptors (Lipinski definition) is 2. The van der Waals surface area contributed by atoms with Crippen LogP contribution in [0.2, 0.25) is 0 Å². The van der Waals surface area contributed by atoms with Crippen molar-refractivity contribution in [3.63, 3.8) is 0 Å². The summed E-state index contributed by atoms with van der Waals surface area (Å²) < 4.78 is 22.0. The first-order valence-electron chi connectivity index (χ1n) is 9.05. The van der Waals surface area contributed by atoms with E-state index >= 15 is 0 Å². The normalized spacial score (nSPS) is 18.0. The second-order valence-corrected chi connectivity index (χ2v) is 6.80. The van der Waals surface area contributed by atoms with E-state index in [1.807, 2.05) is 23.9 Å². The molecule has 25 heavy (non-hydrogen) atoms. The lowest BCUT2D eigenvalue weighted by atomic mass is 9.95. The van der Waals surface area contributed by atoms with Gasteiger partial charge in [-0.3, -0.25) is 0 Å². The standard InChI is InChI=1S/C21H23FN2O/c1-3-15-10-14(2)19(22)12-18(15)16-7-8-17-13-23-24(20(17)11-16)21-6-4-5-9-25-21/h7-8,10-13,21H,3-6,9H2,1-2H3. The molecule has 3 nitrogen and oxygen atoms in total. The second-order valence-electron chi connectivity index (χ2n) is 6.80. The molecule has 1 aliphatic heterocycles. The summed E-state index contributed by atoms with van der Waals surface area (Å²) in [7, 11) is 0. The zero-order chi connectivity index (χ0) is 17.4. The molecule has 0 bridgehead atoms. The molecule has 1 fully saturated rings. The van der Waals surface area contributed by atoms with E-state index < -0.39 is 0 Å². The minimum Gasteiger partial charge on any atom is -0.356 e. The Bertz CT molecular complexity index is 910. The van der Waals surface area contributed by atoms with Gasteiger partial charge in [-0.15, -0.1) is 0 Å². The highest BCUT2D eigenvalue weighted by atomic mass is 19.1. The molecule has 130 valence electrons. The van der Waals surface area contributed by atoms with Crippen LogP contribution in [0.3, 0.4) is 0 Å². The number of aryl methyl sites for hydroxylation is 2. The number of benzene rings is 2. The summed E-state index contributed by atoms with van der Waals surface area (Å²) in [5, 5.41) is 5.63. The topological polar surface area (TPSA) is 27.1 Å². The Morgan fingerprint density at radius 1 is 1.24 bits per heavy atom. The van der Waals surface area contributed by atoms with Crippen molar-refractivity contribution in [1.29, 1.82) is 0 Å². The Morgan fingerprint density at radius 3 is 2.88 bits per heavy atom. The molecule has 1 atom stereocenters. The molecular formula is C21H23FN2O. The van der Waals surface area contributed by atoms with E-state index in [-0.39, 0.29) is 12.0 Å². The van der Waals surface area contributed by atoms with Crippen LogP contribution in [0.1, 0.15) is 43.5 Å². The lowest BCUT2D eigenvalue weighted by Crippen LogP contribution is -2.18. The summed E-state index contributed by atoms with van der Waals surface area (Å²) in [4.78, 5) is 0. The largest absolute Gasteiger partial charge is 0.356 e.